The van der Waals surface area contributed by atoms with E-state index < -0.39 is 0 Å². The molecular formula is C11H23NOS. The minimum absolute atomic E-state index is 0.0351. The van der Waals surface area contributed by atoms with Crippen LogP contribution in [-0.2, 0) is 0 Å². The van der Waals surface area contributed by atoms with Crippen LogP contribution in [0.5, 0.6) is 0 Å². The molecule has 1 fully saturated rings. The molecule has 0 spiro atoms. The molecule has 1 aliphatic rings. The Hall–Kier alpha value is 0.270. The van der Waals surface area contributed by atoms with E-state index in [2.05, 4.69) is 18.5 Å². The van der Waals surface area contributed by atoms with Gasteiger partial charge in [0.05, 0.1) is 6.61 Å². The Morgan fingerprint density at radius 3 is 2.93 bits per heavy atom. The van der Waals surface area contributed by atoms with Gasteiger partial charge < -0.3 is 10.4 Å². The number of nitrogens with one attached hydrogen (secondary N) is 1. The van der Waals surface area contributed by atoms with Crippen molar-refractivity contribution in [2.75, 3.05) is 25.2 Å². The first-order chi connectivity index (χ1) is 6.72. The fraction of sp³-hybridized carbons (Fsp3) is 1.00. The summed E-state index contributed by atoms with van der Waals surface area (Å²) in [7, 11) is 0. The van der Waals surface area contributed by atoms with Crippen molar-refractivity contribution in [2.24, 2.45) is 5.92 Å². The van der Waals surface area contributed by atoms with Gasteiger partial charge >= 0.3 is 0 Å². The van der Waals surface area contributed by atoms with Gasteiger partial charge in [0.15, 0.2) is 0 Å². The number of hydrogen-bond donors (Lipinski definition) is 2. The number of thioether (sulfide) groups is 1. The zero-order valence-corrected chi connectivity index (χ0v) is 10.2. The van der Waals surface area contributed by atoms with Crippen LogP contribution in [0.3, 0.4) is 0 Å². The standard InChI is InChI=1S/C11H23NOS/c1-10-4-3-5-11(8-10,9-13)12-6-7-14-2/h10,12-13H,3-9H2,1-2H3. The van der Waals surface area contributed by atoms with Crippen molar-refractivity contribution < 1.29 is 5.11 Å². The Morgan fingerprint density at radius 1 is 1.57 bits per heavy atom. The fourth-order valence-electron chi connectivity index (χ4n) is 2.44. The molecule has 0 aliphatic heterocycles. The second-order valence-electron chi connectivity index (χ2n) is 4.56. The maximum absolute atomic E-state index is 9.49. The average Bonchev–Trinajstić information content (AvgIpc) is 2.18. The quantitative estimate of drug-likeness (QED) is 0.690. The summed E-state index contributed by atoms with van der Waals surface area (Å²) in [4.78, 5) is 0. The highest BCUT2D eigenvalue weighted by molar-refractivity contribution is 7.98. The molecule has 0 heterocycles. The summed E-state index contributed by atoms with van der Waals surface area (Å²) in [6.07, 6.45) is 6.98. The van der Waals surface area contributed by atoms with Crippen LogP contribution in [0.25, 0.3) is 0 Å². The molecule has 3 heteroatoms. The summed E-state index contributed by atoms with van der Waals surface area (Å²) in [5.74, 6) is 1.90. The molecule has 0 saturated heterocycles. The fourth-order valence-corrected chi connectivity index (χ4v) is 2.74. The largest absolute Gasteiger partial charge is 0.394 e. The number of aliphatic hydroxyl groups is 1. The molecule has 2 nitrogen and oxygen atoms in total. The van der Waals surface area contributed by atoms with Crippen molar-refractivity contribution in [3.8, 4) is 0 Å². The molecule has 0 amide bonds. The monoisotopic (exact) mass is 217 g/mol. The van der Waals surface area contributed by atoms with Crippen LogP contribution in [0, 0.1) is 5.92 Å². The van der Waals surface area contributed by atoms with Crippen LogP contribution in [0.1, 0.15) is 32.6 Å². The molecule has 2 unspecified atom stereocenters. The smallest absolute Gasteiger partial charge is 0.0613 e. The summed E-state index contributed by atoms with van der Waals surface area (Å²) in [5.41, 5.74) is 0.0351. The third kappa shape index (κ3) is 3.44. The predicted octanol–water partition coefficient (Wildman–Crippen LogP) is 1.88. The van der Waals surface area contributed by atoms with Crippen LogP contribution in [-0.4, -0.2) is 35.8 Å². The molecule has 0 aromatic rings. The molecule has 1 aliphatic carbocycles. The normalized spacial score (nSPS) is 33.2. The van der Waals surface area contributed by atoms with Crippen LogP contribution in [0.4, 0.5) is 0 Å². The third-order valence-corrected chi connectivity index (χ3v) is 3.81. The van der Waals surface area contributed by atoms with Crippen LogP contribution in [0.2, 0.25) is 0 Å². The van der Waals surface area contributed by atoms with E-state index in [1.54, 1.807) is 0 Å². The number of aliphatic hydroxyl groups excluding tert-OH is 1. The first kappa shape index (κ1) is 12.3. The Balaban J connectivity index is 2.39. The predicted molar refractivity (Wildman–Crippen MR) is 63.8 cm³/mol. The van der Waals surface area contributed by atoms with Crippen LogP contribution < -0.4 is 5.32 Å². The molecule has 1 saturated carbocycles. The van der Waals surface area contributed by atoms with E-state index in [-0.39, 0.29) is 5.54 Å². The molecule has 1 rings (SSSR count). The summed E-state index contributed by atoms with van der Waals surface area (Å²) in [6.45, 7) is 3.61. The molecule has 14 heavy (non-hydrogen) atoms. The SMILES string of the molecule is CSCCNC1(CO)CCCC(C)C1. The van der Waals surface area contributed by atoms with E-state index in [0.29, 0.717) is 6.61 Å². The van der Waals surface area contributed by atoms with Crippen molar-refractivity contribution in [1.29, 1.82) is 0 Å². The summed E-state index contributed by atoms with van der Waals surface area (Å²) >= 11 is 1.86. The van der Waals surface area contributed by atoms with Gasteiger partial charge in [-0.05, 0) is 25.0 Å². The Morgan fingerprint density at radius 2 is 2.36 bits per heavy atom. The number of rotatable bonds is 5. The lowest BCUT2D eigenvalue weighted by molar-refractivity contribution is 0.102. The highest BCUT2D eigenvalue weighted by atomic mass is 32.2. The average molecular weight is 217 g/mol. The van der Waals surface area contributed by atoms with E-state index in [1.165, 1.54) is 12.8 Å². The van der Waals surface area contributed by atoms with Crippen molar-refractivity contribution in [3.05, 3.63) is 0 Å². The maximum atomic E-state index is 9.49. The summed E-state index contributed by atoms with van der Waals surface area (Å²) < 4.78 is 0. The highest BCUT2D eigenvalue weighted by Crippen LogP contribution is 2.31. The molecular weight excluding hydrogens is 194 g/mol. The van der Waals surface area contributed by atoms with Gasteiger partial charge in [-0.25, -0.2) is 0 Å². The van der Waals surface area contributed by atoms with E-state index in [4.69, 9.17) is 0 Å². The van der Waals surface area contributed by atoms with Gasteiger partial charge in [-0.3, -0.25) is 0 Å². The Labute approximate surface area is 91.9 Å². The Bertz CT molecular complexity index is 165. The lowest BCUT2D eigenvalue weighted by Crippen LogP contribution is -2.52. The van der Waals surface area contributed by atoms with E-state index in [0.717, 1.165) is 31.1 Å². The maximum Gasteiger partial charge on any atom is 0.0613 e. The van der Waals surface area contributed by atoms with Crippen molar-refractivity contribution in [3.63, 3.8) is 0 Å². The second-order valence-corrected chi connectivity index (χ2v) is 5.55. The number of hydrogen-bond acceptors (Lipinski definition) is 3. The van der Waals surface area contributed by atoms with Gasteiger partial charge in [0.2, 0.25) is 0 Å². The van der Waals surface area contributed by atoms with Crippen molar-refractivity contribution in [2.45, 2.75) is 38.1 Å². The minimum Gasteiger partial charge on any atom is -0.394 e. The van der Waals surface area contributed by atoms with Gasteiger partial charge in [0, 0.05) is 17.8 Å². The first-order valence-electron chi connectivity index (χ1n) is 5.57. The Kier molecular flexibility index (Phi) is 5.28. The zero-order valence-electron chi connectivity index (χ0n) is 9.38. The van der Waals surface area contributed by atoms with Crippen LogP contribution in [0.15, 0.2) is 0 Å². The van der Waals surface area contributed by atoms with Gasteiger partial charge in [-0.15, -0.1) is 0 Å². The molecule has 84 valence electrons. The summed E-state index contributed by atoms with van der Waals surface area (Å²) in [6, 6.07) is 0. The first-order valence-corrected chi connectivity index (χ1v) is 6.97. The van der Waals surface area contributed by atoms with Gasteiger partial charge in [-0.1, -0.05) is 19.8 Å². The lowest BCUT2D eigenvalue weighted by atomic mass is 9.77. The lowest BCUT2D eigenvalue weighted by Gasteiger charge is -2.39. The van der Waals surface area contributed by atoms with Crippen LogP contribution >= 0.6 is 11.8 Å². The molecule has 2 N–H and O–H groups in total. The van der Waals surface area contributed by atoms with Gasteiger partial charge in [0.25, 0.3) is 0 Å². The summed E-state index contributed by atoms with van der Waals surface area (Å²) in [5, 5.41) is 13.0. The van der Waals surface area contributed by atoms with Crippen molar-refractivity contribution in [1.82, 2.24) is 5.32 Å². The highest BCUT2D eigenvalue weighted by Gasteiger charge is 2.33. The molecule has 0 bridgehead atoms. The molecule has 0 aromatic heterocycles. The minimum atomic E-state index is 0.0351. The zero-order chi connectivity index (χ0) is 10.4. The molecule has 0 radical (unpaired) electrons. The third-order valence-electron chi connectivity index (χ3n) is 3.20. The second kappa shape index (κ2) is 5.99. The van der Waals surface area contributed by atoms with E-state index in [1.807, 2.05) is 11.8 Å². The topological polar surface area (TPSA) is 32.3 Å². The van der Waals surface area contributed by atoms with Crippen molar-refractivity contribution >= 4 is 11.8 Å². The molecule has 2 atom stereocenters. The van der Waals surface area contributed by atoms with Gasteiger partial charge in [0.1, 0.15) is 0 Å². The molecule has 0 aromatic carbocycles. The van der Waals surface area contributed by atoms with E-state index in [9.17, 15) is 5.11 Å². The van der Waals surface area contributed by atoms with E-state index >= 15 is 0 Å². The van der Waals surface area contributed by atoms with Gasteiger partial charge in [-0.2, -0.15) is 11.8 Å².